The monoisotopic (exact) mass is 426 g/mol. The fraction of sp³-hybridized carbons (Fsp3) is 0.364. The number of rotatable bonds is 7. The van der Waals surface area contributed by atoms with Crippen molar-refractivity contribution >= 4 is 23.3 Å². The number of hydrogen-bond donors (Lipinski definition) is 2. The molecular weight excluding hydrogens is 400 g/mol. The van der Waals surface area contributed by atoms with Crippen LogP contribution < -0.4 is 15.4 Å². The minimum Gasteiger partial charge on any atom is -0.484 e. The van der Waals surface area contributed by atoms with E-state index in [0.717, 1.165) is 24.1 Å². The molecule has 1 atom stereocenters. The number of carbonyl (C=O) groups excluding carboxylic acids is 2. The van der Waals surface area contributed by atoms with Crippen LogP contribution in [0.25, 0.3) is 0 Å². The summed E-state index contributed by atoms with van der Waals surface area (Å²) < 4.78 is 5.44. The largest absolute Gasteiger partial charge is 0.484 e. The van der Waals surface area contributed by atoms with Gasteiger partial charge in [0.2, 0.25) is 0 Å². The number of carbonyl (C=O) groups is 2. The first-order valence-corrected chi connectivity index (χ1v) is 10.2. The van der Waals surface area contributed by atoms with Crippen molar-refractivity contribution in [2.75, 3.05) is 31.6 Å². The zero-order valence-corrected chi connectivity index (χ0v) is 17.4. The molecule has 0 spiro atoms. The molecule has 1 fully saturated rings. The number of anilines is 1. The zero-order chi connectivity index (χ0) is 22.2. The lowest BCUT2D eigenvalue weighted by atomic mass is 9.98. The number of benzene rings is 2. The second kappa shape index (κ2) is 10.4. The molecule has 2 aromatic carbocycles. The normalized spacial score (nSPS) is 15.8. The van der Waals surface area contributed by atoms with Crippen LogP contribution in [0.1, 0.15) is 18.4 Å². The predicted octanol–water partition coefficient (Wildman–Crippen LogP) is 3.34. The fourth-order valence-electron chi connectivity index (χ4n) is 3.43. The number of nitrogens with one attached hydrogen (secondary N) is 2. The molecule has 3 amide bonds. The van der Waals surface area contributed by atoms with Crippen molar-refractivity contribution in [2.24, 2.45) is 5.92 Å². The maximum absolute atomic E-state index is 12.5. The molecule has 3 rings (SSSR count). The van der Waals surface area contributed by atoms with E-state index in [9.17, 15) is 19.7 Å². The Morgan fingerprint density at radius 1 is 1.23 bits per heavy atom. The van der Waals surface area contributed by atoms with Crippen molar-refractivity contribution in [1.82, 2.24) is 10.2 Å². The van der Waals surface area contributed by atoms with Crippen LogP contribution in [0.3, 0.4) is 0 Å². The van der Waals surface area contributed by atoms with E-state index in [1.165, 1.54) is 18.2 Å². The SMILES string of the molecule is Cc1ccc(NC(=O)NCC2CCCN(C(=O)COc3cccc([N+](=O)[O-])c3)C2)cc1. The Kier molecular flexibility index (Phi) is 7.42. The van der Waals surface area contributed by atoms with Crippen LogP contribution in [-0.4, -0.2) is 48.0 Å². The summed E-state index contributed by atoms with van der Waals surface area (Å²) >= 11 is 0. The number of nitrogens with zero attached hydrogens (tertiary/aromatic N) is 2. The van der Waals surface area contributed by atoms with Gasteiger partial charge >= 0.3 is 6.03 Å². The summed E-state index contributed by atoms with van der Waals surface area (Å²) in [5.41, 5.74) is 1.76. The van der Waals surface area contributed by atoms with Gasteiger partial charge in [0, 0.05) is 31.4 Å². The lowest BCUT2D eigenvalue weighted by Gasteiger charge is -2.32. The molecule has 0 saturated carbocycles. The number of nitro benzene ring substituents is 1. The Bertz CT molecular complexity index is 932. The van der Waals surface area contributed by atoms with Gasteiger partial charge in [-0.05, 0) is 43.9 Å². The number of ether oxygens (including phenoxy) is 1. The maximum atomic E-state index is 12.5. The van der Waals surface area contributed by atoms with Gasteiger partial charge in [-0.15, -0.1) is 0 Å². The summed E-state index contributed by atoms with van der Waals surface area (Å²) in [6.07, 6.45) is 1.76. The van der Waals surface area contributed by atoms with E-state index in [1.54, 1.807) is 11.0 Å². The molecule has 1 aliphatic rings. The number of non-ortho nitro benzene ring substituents is 1. The average Bonchev–Trinajstić information content (AvgIpc) is 2.78. The quantitative estimate of drug-likeness (QED) is 0.521. The summed E-state index contributed by atoms with van der Waals surface area (Å²) in [6.45, 7) is 3.42. The van der Waals surface area contributed by atoms with Crippen molar-refractivity contribution in [3.63, 3.8) is 0 Å². The van der Waals surface area contributed by atoms with E-state index in [2.05, 4.69) is 10.6 Å². The first-order chi connectivity index (χ1) is 14.9. The Labute approximate surface area is 180 Å². The topological polar surface area (TPSA) is 114 Å². The second-order valence-electron chi connectivity index (χ2n) is 7.59. The third kappa shape index (κ3) is 6.70. The molecule has 0 aromatic heterocycles. The van der Waals surface area contributed by atoms with Crippen molar-refractivity contribution in [1.29, 1.82) is 0 Å². The van der Waals surface area contributed by atoms with E-state index in [1.807, 2.05) is 31.2 Å². The van der Waals surface area contributed by atoms with Gasteiger partial charge in [-0.25, -0.2) is 4.79 Å². The summed E-state index contributed by atoms with van der Waals surface area (Å²) in [5.74, 6) is 0.255. The first-order valence-electron chi connectivity index (χ1n) is 10.2. The molecule has 0 radical (unpaired) electrons. The van der Waals surface area contributed by atoms with Crippen LogP contribution in [-0.2, 0) is 4.79 Å². The molecule has 2 aromatic rings. The van der Waals surface area contributed by atoms with Gasteiger partial charge in [0.05, 0.1) is 11.0 Å². The van der Waals surface area contributed by atoms with Crippen LogP contribution in [0.4, 0.5) is 16.2 Å². The Balaban J connectivity index is 1.43. The molecular formula is C22H26N4O5. The number of nitro groups is 1. The van der Waals surface area contributed by atoms with Crippen molar-refractivity contribution in [3.05, 3.63) is 64.2 Å². The van der Waals surface area contributed by atoms with Crippen LogP contribution in [0, 0.1) is 23.0 Å². The van der Waals surface area contributed by atoms with Gasteiger partial charge < -0.3 is 20.3 Å². The van der Waals surface area contributed by atoms with Gasteiger partial charge in [-0.1, -0.05) is 23.8 Å². The molecule has 9 heteroatoms. The number of urea groups is 1. The third-order valence-electron chi connectivity index (χ3n) is 5.12. The molecule has 1 saturated heterocycles. The van der Waals surface area contributed by atoms with E-state index in [0.29, 0.717) is 19.6 Å². The second-order valence-corrected chi connectivity index (χ2v) is 7.59. The molecule has 9 nitrogen and oxygen atoms in total. The minimum absolute atomic E-state index is 0.0852. The van der Waals surface area contributed by atoms with Crippen molar-refractivity contribution < 1.29 is 19.2 Å². The lowest BCUT2D eigenvalue weighted by Crippen LogP contribution is -2.45. The van der Waals surface area contributed by atoms with E-state index < -0.39 is 4.92 Å². The number of amides is 3. The number of aryl methyl sites for hydroxylation is 1. The lowest BCUT2D eigenvalue weighted by molar-refractivity contribution is -0.384. The highest BCUT2D eigenvalue weighted by Crippen LogP contribution is 2.20. The van der Waals surface area contributed by atoms with Gasteiger partial charge in [-0.2, -0.15) is 0 Å². The maximum Gasteiger partial charge on any atom is 0.319 e. The van der Waals surface area contributed by atoms with Gasteiger partial charge in [-0.3, -0.25) is 14.9 Å². The van der Waals surface area contributed by atoms with E-state index in [-0.39, 0.29) is 35.9 Å². The highest BCUT2D eigenvalue weighted by Gasteiger charge is 2.24. The molecule has 1 aliphatic heterocycles. The zero-order valence-electron chi connectivity index (χ0n) is 17.4. The third-order valence-corrected chi connectivity index (χ3v) is 5.12. The van der Waals surface area contributed by atoms with Gasteiger partial charge in [0.25, 0.3) is 11.6 Å². The van der Waals surface area contributed by atoms with Gasteiger partial charge in [0.1, 0.15) is 5.75 Å². The summed E-state index contributed by atoms with van der Waals surface area (Å²) in [4.78, 5) is 36.7. The predicted molar refractivity (Wildman–Crippen MR) is 116 cm³/mol. The van der Waals surface area contributed by atoms with E-state index >= 15 is 0 Å². The first kappa shape index (κ1) is 22.1. The van der Waals surface area contributed by atoms with Crippen LogP contribution in [0.15, 0.2) is 48.5 Å². The molecule has 164 valence electrons. The Morgan fingerprint density at radius 2 is 2.00 bits per heavy atom. The molecule has 2 N–H and O–H groups in total. The summed E-state index contributed by atoms with van der Waals surface area (Å²) in [6, 6.07) is 13.0. The smallest absolute Gasteiger partial charge is 0.319 e. The van der Waals surface area contributed by atoms with Crippen molar-refractivity contribution in [3.8, 4) is 5.75 Å². The summed E-state index contributed by atoms with van der Waals surface area (Å²) in [7, 11) is 0. The fourth-order valence-corrected chi connectivity index (χ4v) is 3.43. The number of likely N-dealkylation sites (tertiary alicyclic amines) is 1. The van der Waals surface area contributed by atoms with Gasteiger partial charge in [0.15, 0.2) is 6.61 Å². The van der Waals surface area contributed by atoms with E-state index in [4.69, 9.17) is 4.74 Å². The highest BCUT2D eigenvalue weighted by molar-refractivity contribution is 5.89. The molecule has 1 unspecified atom stereocenters. The van der Waals surface area contributed by atoms with Crippen LogP contribution >= 0.6 is 0 Å². The molecule has 1 heterocycles. The Hall–Kier alpha value is -3.62. The molecule has 0 aliphatic carbocycles. The molecule has 31 heavy (non-hydrogen) atoms. The average molecular weight is 426 g/mol. The molecule has 0 bridgehead atoms. The Morgan fingerprint density at radius 3 is 2.74 bits per heavy atom. The summed E-state index contributed by atoms with van der Waals surface area (Å²) in [5, 5.41) is 16.5. The number of hydrogen-bond acceptors (Lipinski definition) is 5. The highest BCUT2D eigenvalue weighted by atomic mass is 16.6. The standard InChI is InChI=1S/C22H26N4O5/c1-16-7-9-18(10-8-16)24-22(28)23-13-17-4-3-11-25(14-17)21(27)15-31-20-6-2-5-19(12-20)26(29)30/h2,5-10,12,17H,3-4,11,13-15H2,1H3,(H2,23,24,28). The van der Waals surface area contributed by atoms with Crippen molar-refractivity contribution in [2.45, 2.75) is 19.8 Å². The van der Waals surface area contributed by atoms with Crippen LogP contribution in [0.5, 0.6) is 5.75 Å². The minimum atomic E-state index is -0.508. The number of piperidine rings is 1. The van der Waals surface area contributed by atoms with Crippen LogP contribution in [0.2, 0.25) is 0 Å².